The molecular formula is C45H54IrN3O2-. The number of hydrogen-bond acceptors (Lipinski definition) is 4. The topological polar surface area (TPSA) is 68.0 Å². The van der Waals surface area contributed by atoms with Gasteiger partial charge < -0.3 is 9.67 Å². The Kier molecular flexibility index (Phi) is 12.4. The van der Waals surface area contributed by atoms with Gasteiger partial charge in [-0.25, -0.2) is 4.98 Å². The summed E-state index contributed by atoms with van der Waals surface area (Å²) >= 11 is 0. The molecule has 0 aliphatic carbocycles. The molecule has 0 aliphatic heterocycles. The molecule has 4 aromatic carbocycles. The van der Waals surface area contributed by atoms with Crippen molar-refractivity contribution in [3.05, 3.63) is 96.5 Å². The van der Waals surface area contributed by atoms with Crippen molar-refractivity contribution in [2.75, 3.05) is 0 Å². The smallest absolute Gasteiger partial charge is 0.164 e. The van der Waals surface area contributed by atoms with Gasteiger partial charge in [-0.2, -0.15) is 0 Å². The van der Waals surface area contributed by atoms with Gasteiger partial charge >= 0.3 is 0 Å². The molecule has 0 bridgehead atoms. The van der Waals surface area contributed by atoms with Crippen molar-refractivity contribution in [2.24, 2.45) is 23.3 Å². The van der Waals surface area contributed by atoms with Crippen molar-refractivity contribution in [3.8, 4) is 11.3 Å². The van der Waals surface area contributed by atoms with E-state index >= 15 is 0 Å². The summed E-state index contributed by atoms with van der Waals surface area (Å²) in [5, 5.41) is 16.3. The number of fused-ring (bicyclic) bond motifs is 6. The Morgan fingerprint density at radius 3 is 2.00 bits per heavy atom. The molecule has 2 aromatic heterocycles. The molecule has 0 saturated heterocycles. The van der Waals surface area contributed by atoms with Gasteiger partial charge in [-0.3, -0.25) is 9.78 Å². The van der Waals surface area contributed by atoms with E-state index in [9.17, 15) is 9.90 Å². The van der Waals surface area contributed by atoms with Crippen LogP contribution in [0, 0.1) is 22.3 Å². The Bertz CT molecular complexity index is 2200. The SMILES string of the molecule is CCC(C)(CC)C(=O)/C=C(\O)C(C)(CC)CC.Cn1c2c(-c3[c-]cc4ccccc4c3)ncnc2c2c(CC(C)(C)C)cc3ccccc3c21.[Ir]. The van der Waals surface area contributed by atoms with E-state index in [0.29, 0.717) is 0 Å². The summed E-state index contributed by atoms with van der Waals surface area (Å²) in [6.45, 7) is 19.0. The number of aliphatic hydroxyl groups is 1. The second-order valence-electron chi connectivity index (χ2n) is 15.6. The van der Waals surface area contributed by atoms with Crippen molar-refractivity contribution in [3.63, 3.8) is 0 Å². The first kappa shape index (κ1) is 39.9. The molecular weight excluding hydrogens is 807 g/mol. The van der Waals surface area contributed by atoms with E-state index < -0.39 is 0 Å². The molecule has 51 heavy (non-hydrogen) atoms. The molecule has 0 unspecified atom stereocenters. The van der Waals surface area contributed by atoms with Crippen molar-refractivity contribution < 1.29 is 30.0 Å². The number of ketones is 1. The summed E-state index contributed by atoms with van der Waals surface area (Å²) in [4.78, 5) is 21.8. The number of nitrogens with zero attached hydrogens (tertiary/aromatic N) is 3. The van der Waals surface area contributed by atoms with Crippen LogP contribution in [0.15, 0.2) is 84.9 Å². The molecule has 271 valence electrons. The van der Waals surface area contributed by atoms with Crippen LogP contribution in [-0.2, 0) is 38.4 Å². The maximum absolute atomic E-state index is 12.2. The van der Waals surface area contributed by atoms with Gasteiger partial charge in [0, 0.05) is 60.5 Å². The summed E-state index contributed by atoms with van der Waals surface area (Å²) in [7, 11) is 2.14. The van der Waals surface area contributed by atoms with E-state index in [4.69, 9.17) is 9.97 Å². The molecule has 6 rings (SSSR count). The van der Waals surface area contributed by atoms with E-state index in [1.807, 2.05) is 41.5 Å². The first-order valence-electron chi connectivity index (χ1n) is 18.2. The van der Waals surface area contributed by atoms with Crippen LogP contribution in [-0.4, -0.2) is 25.4 Å². The van der Waals surface area contributed by atoms with Gasteiger partial charge in [0.15, 0.2) is 5.78 Å². The van der Waals surface area contributed by atoms with E-state index in [-0.39, 0.29) is 47.9 Å². The average Bonchev–Trinajstić information content (AvgIpc) is 3.43. The first-order chi connectivity index (χ1) is 23.7. The van der Waals surface area contributed by atoms with Gasteiger partial charge in [0.1, 0.15) is 12.1 Å². The van der Waals surface area contributed by atoms with E-state index in [1.165, 1.54) is 44.1 Å². The van der Waals surface area contributed by atoms with E-state index in [2.05, 4.69) is 105 Å². The third-order valence-electron chi connectivity index (χ3n) is 11.1. The van der Waals surface area contributed by atoms with Gasteiger partial charge in [0.2, 0.25) is 0 Å². The van der Waals surface area contributed by atoms with Crippen molar-refractivity contribution in [2.45, 2.75) is 94.4 Å². The van der Waals surface area contributed by atoms with E-state index in [0.717, 1.165) is 54.4 Å². The summed E-state index contributed by atoms with van der Waals surface area (Å²) < 4.78 is 2.29. The van der Waals surface area contributed by atoms with Crippen molar-refractivity contribution >= 4 is 49.3 Å². The minimum Gasteiger partial charge on any atom is -0.512 e. The third kappa shape index (κ3) is 7.98. The van der Waals surface area contributed by atoms with Crippen LogP contribution in [0.2, 0.25) is 0 Å². The molecule has 1 N–H and O–H groups in total. The standard InChI is InChI=1S/C30H26N3.C15H28O2.Ir/c1-30(2,3)17-23-16-21-11-7-8-12-24(21)28-25(23)27-29(33(28)4)26(31-18-32-27)22-14-13-19-9-5-6-10-20(19)15-22;1-7-14(5,8-2)12(16)11-13(17)15(6,9-3)10-4;/h5-13,15-16,18H,17H2,1-4H3;11,16H,7-10H2,1-6H3;/q-1;;/b;12-11-;. The number of hydrogen-bond donors (Lipinski definition) is 1. The molecule has 6 aromatic rings. The summed E-state index contributed by atoms with van der Waals surface area (Å²) in [6, 6.07) is 27.1. The number of allylic oxidation sites excluding steroid dienone is 2. The molecule has 0 spiro atoms. The molecule has 6 heteroatoms. The maximum Gasteiger partial charge on any atom is 0.164 e. The Morgan fingerprint density at radius 1 is 0.804 bits per heavy atom. The number of rotatable bonds is 9. The van der Waals surface area contributed by atoms with Crippen molar-refractivity contribution in [1.82, 2.24) is 14.5 Å². The van der Waals surface area contributed by atoms with Crippen LogP contribution in [0.4, 0.5) is 0 Å². The van der Waals surface area contributed by atoms with Crippen LogP contribution in [0.3, 0.4) is 0 Å². The molecule has 1 radical (unpaired) electrons. The molecule has 0 amide bonds. The number of carbonyl (C=O) groups is 1. The Labute approximate surface area is 317 Å². The van der Waals surface area contributed by atoms with Crippen LogP contribution in [0.5, 0.6) is 0 Å². The predicted molar refractivity (Wildman–Crippen MR) is 212 cm³/mol. The quantitative estimate of drug-likeness (QED) is 0.0893. The number of aryl methyl sites for hydroxylation is 1. The Morgan fingerprint density at radius 2 is 1.39 bits per heavy atom. The normalized spacial score (nSPS) is 12.6. The zero-order valence-corrected chi connectivity index (χ0v) is 34.5. The fourth-order valence-electron chi connectivity index (χ4n) is 6.84. The fraction of sp³-hybridized carbons (Fsp3) is 0.400. The Balaban J connectivity index is 0.000000279. The van der Waals surface area contributed by atoms with E-state index in [1.54, 1.807) is 6.33 Å². The minimum absolute atomic E-state index is 0. The van der Waals surface area contributed by atoms with Crippen LogP contribution < -0.4 is 0 Å². The zero-order valence-electron chi connectivity index (χ0n) is 32.1. The van der Waals surface area contributed by atoms with Gasteiger partial charge in [-0.05, 0) is 48.5 Å². The third-order valence-corrected chi connectivity index (χ3v) is 11.1. The Hall–Kier alpha value is -3.86. The largest absolute Gasteiger partial charge is 0.512 e. The zero-order chi connectivity index (χ0) is 36.4. The molecule has 5 nitrogen and oxygen atoms in total. The van der Waals surface area contributed by atoms with Gasteiger partial charge in [0.25, 0.3) is 0 Å². The van der Waals surface area contributed by atoms with Gasteiger partial charge in [-0.1, -0.05) is 122 Å². The molecule has 0 saturated carbocycles. The molecule has 2 heterocycles. The second-order valence-corrected chi connectivity index (χ2v) is 15.6. The van der Waals surface area contributed by atoms with Crippen LogP contribution >= 0.6 is 0 Å². The number of benzene rings is 4. The van der Waals surface area contributed by atoms with Crippen LogP contribution in [0.25, 0.3) is 54.7 Å². The van der Waals surface area contributed by atoms with Crippen LogP contribution in [0.1, 0.15) is 93.6 Å². The second kappa shape index (κ2) is 15.8. The maximum atomic E-state index is 12.2. The van der Waals surface area contributed by atoms with Gasteiger partial charge in [-0.15, -0.1) is 29.1 Å². The average molecular weight is 861 g/mol. The minimum atomic E-state index is -0.337. The van der Waals surface area contributed by atoms with Gasteiger partial charge in [0.05, 0.1) is 16.6 Å². The number of aliphatic hydroxyl groups excluding tert-OH is 1. The fourth-order valence-corrected chi connectivity index (χ4v) is 6.84. The number of carbonyl (C=O) groups excluding carboxylic acids is 1. The monoisotopic (exact) mass is 861 g/mol. The molecule has 0 aliphatic rings. The first-order valence-corrected chi connectivity index (χ1v) is 18.2. The summed E-state index contributed by atoms with van der Waals surface area (Å²) in [5.41, 5.74) is 6.13. The number of aromatic nitrogens is 3. The molecule has 0 fully saturated rings. The van der Waals surface area contributed by atoms with Crippen molar-refractivity contribution in [1.29, 1.82) is 0 Å². The summed E-state index contributed by atoms with van der Waals surface area (Å²) in [6.07, 6.45) is 7.44. The molecule has 0 atom stereocenters. The summed E-state index contributed by atoms with van der Waals surface area (Å²) in [5.74, 6) is 0.286. The predicted octanol–water partition coefficient (Wildman–Crippen LogP) is 12.1.